The van der Waals surface area contributed by atoms with E-state index in [-0.39, 0.29) is 17.3 Å². The third kappa shape index (κ3) is 5.36. The lowest BCUT2D eigenvalue weighted by Crippen LogP contribution is -2.48. The van der Waals surface area contributed by atoms with Crippen LogP contribution in [0.4, 0.5) is 10.5 Å². The molecule has 166 valence electrons. The highest BCUT2D eigenvalue weighted by Crippen LogP contribution is 2.26. The van der Waals surface area contributed by atoms with Gasteiger partial charge in [0.1, 0.15) is 6.04 Å². The van der Waals surface area contributed by atoms with Crippen LogP contribution in [0, 0.1) is 0 Å². The number of hydrogen-bond donors (Lipinski definition) is 2. The Kier molecular flexibility index (Phi) is 7.19. The van der Waals surface area contributed by atoms with Gasteiger partial charge < -0.3 is 10.4 Å². The van der Waals surface area contributed by atoms with Crippen LogP contribution < -0.4 is 10.2 Å². The van der Waals surface area contributed by atoms with Gasteiger partial charge in [0.2, 0.25) is 15.9 Å². The van der Waals surface area contributed by atoms with Crippen molar-refractivity contribution in [1.29, 1.82) is 0 Å². The molecule has 1 fully saturated rings. The first-order valence-electron chi connectivity index (χ1n) is 9.81. The number of anilines is 1. The molecule has 31 heavy (non-hydrogen) atoms. The highest BCUT2D eigenvalue weighted by atomic mass is 35.5. The first kappa shape index (κ1) is 23.1. The van der Waals surface area contributed by atoms with Crippen molar-refractivity contribution in [2.45, 2.75) is 36.7 Å². The minimum atomic E-state index is -4.00. The molecule has 3 rings (SSSR count). The molecular weight excluding hydrogens is 442 g/mol. The molecule has 8 nitrogen and oxygen atoms in total. The van der Waals surface area contributed by atoms with Crippen molar-refractivity contribution in [1.82, 2.24) is 9.62 Å². The quantitative estimate of drug-likeness (QED) is 0.680. The minimum Gasteiger partial charge on any atom is -0.465 e. The summed E-state index contributed by atoms with van der Waals surface area (Å²) in [6.07, 6.45) is 0.819. The highest BCUT2D eigenvalue weighted by Gasteiger charge is 2.36. The molecule has 2 N–H and O–H groups in total. The summed E-state index contributed by atoms with van der Waals surface area (Å²) < 4.78 is 28.2. The Morgan fingerprint density at radius 2 is 1.77 bits per heavy atom. The molecule has 2 amide bonds. The Morgan fingerprint density at radius 1 is 1.13 bits per heavy atom. The Balaban J connectivity index is 1.97. The SMILES string of the molecule is CN(C(=O)O)c1ccc(CN([C@@H]2CCCCNC2=O)S(=O)(=O)c2ccc(Cl)cc2)cc1. The Bertz CT molecular complexity index is 1040. The van der Waals surface area contributed by atoms with E-state index in [1.165, 1.54) is 35.6 Å². The summed E-state index contributed by atoms with van der Waals surface area (Å²) in [6.45, 7) is 0.487. The van der Waals surface area contributed by atoms with Crippen LogP contribution in [-0.4, -0.2) is 49.5 Å². The summed E-state index contributed by atoms with van der Waals surface area (Å²) in [6, 6.07) is 11.5. The van der Waals surface area contributed by atoms with Crippen molar-refractivity contribution in [2.24, 2.45) is 0 Å². The van der Waals surface area contributed by atoms with Crippen molar-refractivity contribution in [2.75, 3.05) is 18.5 Å². The van der Waals surface area contributed by atoms with E-state index in [2.05, 4.69) is 5.32 Å². The lowest BCUT2D eigenvalue weighted by atomic mass is 10.1. The van der Waals surface area contributed by atoms with Gasteiger partial charge in [-0.1, -0.05) is 23.7 Å². The number of rotatable bonds is 6. The van der Waals surface area contributed by atoms with Crippen molar-refractivity contribution in [3.8, 4) is 0 Å². The zero-order valence-corrected chi connectivity index (χ0v) is 18.6. The van der Waals surface area contributed by atoms with E-state index in [1.807, 2.05) is 0 Å². The molecule has 2 aromatic rings. The second-order valence-electron chi connectivity index (χ2n) is 7.31. The minimum absolute atomic E-state index is 0.0277. The van der Waals surface area contributed by atoms with Gasteiger partial charge in [0.05, 0.1) is 4.90 Å². The molecule has 0 saturated carbocycles. The Hall–Kier alpha value is -2.62. The molecular formula is C21H24ClN3O5S. The topological polar surface area (TPSA) is 107 Å². The summed E-state index contributed by atoms with van der Waals surface area (Å²) >= 11 is 5.91. The van der Waals surface area contributed by atoms with E-state index < -0.39 is 22.2 Å². The third-order valence-corrected chi connectivity index (χ3v) is 7.34. The normalized spacial score (nSPS) is 17.1. The lowest BCUT2D eigenvalue weighted by Gasteiger charge is -2.29. The second-order valence-corrected chi connectivity index (χ2v) is 9.64. The predicted octanol–water partition coefficient (Wildman–Crippen LogP) is 3.31. The fourth-order valence-electron chi connectivity index (χ4n) is 3.42. The monoisotopic (exact) mass is 465 g/mol. The number of benzene rings is 2. The first-order valence-corrected chi connectivity index (χ1v) is 11.6. The van der Waals surface area contributed by atoms with Crippen LogP contribution >= 0.6 is 11.6 Å². The average molecular weight is 466 g/mol. The van der Waals surface area contributed by atoms with Crippen LogP contribution in [0.5, 0.6) is 0 Å². The van der Waals surface area contributed by atoms with Gasteiger partial charge in [-0.05, 0) is 61.2 Å². The van der Waals surface area contributed by atoms with Gasteiger partial charge >= 0.3 is 6.09 Å². The molecule has 0 unspecified atom stereocenters. The van der Waals surface area contributed by atoms with Crippen molar-refractivity contribution in [3.05, 3.63) is 59.1 Å². The number of carbonyl (C=O) groups excluding carboxylic acids is 1. The lowest BCUT2D eigenvalue weighted by molar-refractivity contribution is -0.124. The number of nitrogens with zero attached hydrogens (tertiary/aromatic N) is 2. The van der Waals surface area contributed by atoms with Crippen molar-refractivity contribution < 1.29 is 23.1 Å². The van der Waals surface area contributed by atoms with Crippen LogP contribution in [-0.2, 0) is 21.4 Å². The van der Waals surface area contributed by atoms with Gasteiger partial charge in [0.15, 0.2) is 0 Å². The van der Waals surface area contributed by atoms with Crippen LogP contribution in [0.15, 0.2) is 53.4 Å². The smallest absolute Gasteiger partial charge is 0.411 e. The van der Waals surface area contributed by atoms with E-state index in [0.29, 0.717) is 29.2 Å². The van der Waals surface area contributed by atoms with Crippen molar-refractivity contribution in [3.63, 3.8) is 0 Å². The fraction of sp³-hybridized carbons (Fsp3) is 0.333. The summed E-state index contributed by atoms with van der Waals surface area (Å²) in [5.41, 5.74) is 1.09. The molecule has 0 radical (unpaired) electrons. The van der Waals surface area contributed by atoms with E-state index >= 15 is 0 Å². The zero-order chi connectivity index (χ0) is 22.6. The van der Waals surface area contributed by atoms with E-state index in [9.17, 15) is 18.0 Å². The van der Waals surface area contributed by atoms with Gasteiger partial charge in [0.25, 0.3) is 0 Å². The fourth-order valence-corrected chi connectivity index (χ4v) is 5.15. The average Bonchev–Trinajstić information content (AvgIpc) is 2.96. The van der Waals surface area contributed by atoms with Crippen molar-refractivity contribution >= 4 is 39.3 Å². The number of amides is 2. The maximum absolute atomic E-state index is 13.5. The molecule has 1 saturated heterocycles. The molecule has 1 aliphatic rings. The van der Waals surface area contributed by atoms with Gasteiger partial charge in [-0.2, -0.15) is 4.31 Å². The van der Waals surface area contributed by atoms with Gasteiger partial charge in [-0.3, -0.25) is 9.69 Å². The maximum Gasteiger partial charge on any atom is 0.411 e. The van der Waals surface area contributed by atoms with Crippen LogP contribution in [0.1, 0.15) is 24.8 Å². The maximum atomic E-state index is 13.5. The molecule has 2 aromatic carbocycles. The third-order valence-electron chi connectivity index (χ3n) is 5.22. The number of sulfonamides is 1. The predicted molar refractivity (Wildman–Crippen MR) is 118 cm³/mol. The van der Waals surface area contributed by atoms with Crippen LogP contribution in [0.3, 0.4) is 0 Å². The van der Waals surface area contributed by atoms with Gasteiger partial charge in [-0.25, -0.2) is 13.2 Å². The first-order chi connectivity index (χ1) is 14.7. The van der Waals surface area contributed by atoms with E-state index in [0.717, 1.165) is 17.7 Å². The summed E-state index contributed by atoms with van der Waals surface area (Å²) in [5.74, 6) is -0.322. The van der Waals surface area contributed by atoms with Gasteiger partial charge in [-0.15, -0.1) is 0 Å². The number of carboxylic acid groups (broad SMARTS) is 1. The molecule has 1 aliphatic heterocycles. The molecule has 0 aliphatic carbocycles. The molecule has 1 atom stereocenters. The molecule has 10 heteroatoms. The number of halogens is 1. The van der Waals surface area contributed by atoms with E-state index in [4.69, 9.17) is 16.7 Å². The highest BCUT2D eigenvalue weighted by molar-refractivity contribution is 7.89. The largest absolute Gasteiger partial charge is 0.465 e. The van der Waals surface area contributed by atoms with E-state index in [1.54, 1.807) is 24.3 Å². The second kappa shape index (κ2) is 9.67. The molecule has 1 heterocycles. The summed E-state index contributed by atoms with van der Waals surface area (Å²) in [5, 5.41) is 12.3. The van der Waals surface area contributed by atoms with Crippen LogP contribution in [0.2, 0.25) is 5.02 Å². The molecule has 0 aromatic heterocycles. The zero-order valence-electron chi connectivity index (χ0n) is 17.0. The van der Waals surface area contributed by atoms with Gasteiger partial charge in [0, 0.05) is 30.8 Å². The number of nitrogens with one attached hydrogen (secondary N) is 1. The molecule has 0 spiro atoms. The standard InChI is InChI=1S/C21H24ClN3O5S/c1-24(21(27)28)17-9-5-15(6-10-17)14-25(19-4-2-3-13-23-20(19)26)31(29,30)18-11-7-16(22)8-12-18/h5-12,19H,2-4,13-14H2,1H3,(H,23,26)(H,27,28)/t19-/m1/s1. The summed E-state index contributed by atoms with van der Waals surface area (Å²) in [4.78, 5) is 24.9. The van der Waals surface area contributed by atoms with Crippen LogP contribution in [0.25, 0.3) is 0 Å². The number of hydrogen-bond acceptors (Lipinski definition) is 4. The summed E-state index contributed by atoms with van der Waals surface area (Å²) in [7, 11) is -2.57. The molecule has 0 bridgehead atoms. The number of carbonyl (C=O) groups is 2. The Labute approximate surface area is 186 Å². The Morgan fingerprint density at radius 3 is 2.39 bits per heavy atom.